The summed E-state index contributed by atoms with van der Waals surface area (Å²) in [6, 6.07) is 7.93. The van der Waals surface area contributed by atoms with E-state index in [2.05, 4.69) is 10.3 Å². The molecule has 0 aliphatic heterocycles. The van der Waals surface area contributed by atoms with Crippen LogP contribution in [0.15, 0.2) is 53.7 Å². The first kappa shape index (κ1) is 18.1. The summed E-state index contributed by atoms with van der Waals surface area (Å²) in [7, 11) is -3.80. The Balaban J connectivity index is 2.34. The molecule has 1 heterocycles. The van der Waals surface area contributed by atoms with Crippen LogP contribution in [-0.2, 0) is 14.6 Å². The molecule has 1 amide bonds. The Labute approximate surface area is 140 Å². The molecule has 24 heavy (non-hydrogen) atoms. The van der Waals surface area contributed by atoms with Crippen LogP contribution in [0.1, 0.15) is 30.6 Å². The van der Waals surface area contributed by atoms with Gasteiger partial charge in [-0.25, -0.2) is 12.8 Å². The monoisotopic (exact) mass is 350 g/mol. The molecule has 0 fully saturated rings. The van der Waals surface area contributed by atoms with E-state index < -0.39 is 20.9 Å². The Kier molecular flexibility index (Phi) is 6.03. The van der Waals surface area contributed by atoms with E-state index in [0.717, 1.165) is 12.1 Å². The van der Waals surface area contributed by atoms with Gasteiger partial charge in [-0.05, 0) is 42.3 Å². The average molecular weight is 350 g/mol. The average Bonchev–Trinajstić information content (AvgIpc) is 2.56. The summed E-state index contributed by atoms with van der Waals surface area (Å²) < 4.78 is 38.9. The molecule has 0 saturated carbocycles. The molecular weight excluding hydrogens is 331 g/mol. The predicted octanol–water partition coefficient (Wildman–Crippen LogP) is 2.65. The maximum atomic E-state index is 13.1. The van der Waals surface area contributed by atoms with E-state index in [9.17, 15) is 17.6 Å². The van der Waals surface area contributed by atoms with Gasteiger partial charge in [-0.2, -0.15) is 0 Å². The zero-order valence-corrected chi connectivity index (χ0v) is 14.1. The third-order valence-corrected chi connectivity index (χ3v) is 5.65. The highest BCUT2D eigenvalue weighted by Gasteiger charge is 2.29. The number of nitrogens with zero attached hydrogens (tertiary/aromatic N) is 1. The lowest BCUT2D eigenvalue weighted by atomic mass is 10.2. The quantitative estimate of drug-likeness (QED) is 0.779. The van der Waals surface area contributed by atoms with Crippen molar-refractivity contribution in [1.29, 1.82) is 0 Å². The first-order valence-electron chi connectivity index (χ1n) is 7.61. The van der Waals surface area contributed by atoms with Crippen LogP contribution in [-0.4, -0.2) is 25.9 Å². The number of hydrogen-bond acceptors (Lipinski definition) is 4. The van der Waals surface area contributed by atoms with Gasteiger partial charge in [-0.3, -0.25) is 9.78 Å². The van der Waals surface area contributed by atoms with Crippen molar-refractivity contribution in [2.75, 3.05) is 6.54 Å². The fraction of sp³-hybridized carbons (Fsp3) is 0.294. The summed E-state index contributed by atoms with van der Waals surface area (Å²) in [5.74, 6) is -0.719. The third-order valence-electron chi connectivity index (χ3n) is 3.53. The molecule has 7 heteroatoms. The van der Waals surface area contributed by atoms with Gasteiger partial charge in [0, 0.05) is 25.4 Å². The summed E-state index contributed by atoms with van der Waals surface area (Å²) in [4.78, 5) is 15.7. The van der Waals surface area contributed by atoms with Gasteiger partial charge >= 0.3 is 0 Å². The highest BCUT2D eigenvalue weighted by atomic mass is 32.2. The third kappa shape index (κ3) is 4.38. The second kappa shape index (κ2) is 8.01. The molecule has 128 valence electrons. The summed E-state index contributed by atoms with van der Waals surface area (Å²) in [6.07, 6.45) is 4.00. The minimum Gasteiger partial charge on any atom is -0.354 e. The number of sulfone groups is 1. The molecule has 1 aromatic carbocycles. The van der Waals surface area contributed by atoms with E-state index in [4.69, 9.17) is 0 Å². The standard InChI is InChI=1S/C17H19FN2O3S/c1-2-4-17(21)20-12-16(13-5-3-10-19-11-13)24(22,23)15-8-6-14(18)7-9-15/h3,5-11,16H,2,4,12H2,1H3,(H,20,21)/t16-/m1/s1. The van der Waals surface area contributed by atoms with Crippen molar-refractivity contribution in [3.05, 3.63) is 60.2 Å². The number of rotatable bonds is 7. The van der Waals surface area contributed by atoms with Gasteiger partial charge in [0.25, 0.3) is 0 Å². The van der Waals surface area contributed by atoms with Gasteiger partial charge < -0.3 is 5.32 Å². The van der Waals surface area contributed by atoms with Crippen molar-refractivity contribution < 1.29 is 17.6 Å². The molecule has 0 aliphatic carbocycles. The number of aromatic nitrogens is 1. The van der Waals surface area contributed by atoms with Gasteiger partial charge in [-0.15, -0.1) is 0 Å². The predicted molar refractivity (Wildman–Crippen MR) is 88.5 cm³/mol. The highest BCUT2D eigenvalue weighted by Crippen LogP contribution is 2.28. The van der Waals surface area contributed by atoms with Crippen LogP contribution in [0.2, 0.25) is 0 Å². The first-order chi connectivity index (χ1) is 11.4. The number of pyridine rings is 1. The van der Waals surface area contributed by atoms with Crippen molar-refractivity contribution in [3.8, 4) is 0 Å². The number of benzene rings is 1. The van der Waals surface area contributed by atoms with Gasteiger partial charge in [-0.1, -0.05) is 13.0 Å². The van der Waals surface area contributed by atoms with Crippen molar-refractivity contribution >= 4 is 15.7 Å². The van der Waals surface area contributed by atoms with Crippen LogP contribution in [0, 0.1) is 5.82 Å². The molecular formula is C17H19FN2O3S. The molecule has 1 N–H and O–H groups in total. The van der Waals surface area contributed by atoms with E-state index >= 15 is 0 Å². The molecule has 2 aromatic rings. The van der Waals surface area contributed by atoms with Crippen LogP contribution in [0.4, 0.5) is 4.39 Å². The lowest BCUT2D eigenvalue weighted by Crippen LogP contribution is -2.31. The van der Waals surface area contributed by atoms with Crippen molar-refractivity contribution in [2.45, 2.75) is 29.9 Å². The number of hydrogen-bond donors (Lipinski definition) is 1. The number of amides is 1. The van der Waals surface area contributed by atoms with Crippen LogP contribution < -0.4 is 5.32 Å². The Bertz CT molecular complexity index is 777. The van der Waals surface area contributed by atoms with Crippen LogP contribution >= 0.6 is 0 Å². The van der Waals surface area contributed by atoms with Crippen molar-refractivity contribution in [2.24, 2.45) is 0 Å². The Morgan fingerprint density at radius 1 is 1.25 bits per heavy atom. The zero-order chi connectivity index (χ0) is 17.6. The van der Waals surface area contributed by atoms with E-state index in [1.54, 1.807) is 18.3 Å². The minimum absolute atomic E-state index is 0.00231. The first-order valence-corrected chi connectivity index (χ1v) is 9.16. The Hall–Kier alpha value is -2.28. The summed E-state index contributed by atoms with van der Waals surface area (Å²) in [5, 5.41) is 1.66. The zero-order valence-electron chi connectivity index (χ0n) is 13.3. The molecule has 0 saturated heterocycles. The second-order valence-corrected chi connectivity index (χ2v) is 7.46. The number of carbonyl (C=O) groups excluding carboxylic acids is 1. The minimum atomic E-state index is -3.80. The lowest BCUT2D eigenvalue weighted by Gasteiger charge is -2.18. The van der Waals surface area contributed by atoms with Gasteiger partial charge in [0.2, 0.25) is 5.91 Å². The maximum Gasteiger partial charge on any atom is 0.220 e. The second-order valence-electron chi connectivity index (χ2n) is 5.33. The molecule has 0 spiro atoms. The SMILES string of the molecule is CCCC(=O)NC[C@H](c1cccnc1)S(=O)(=O)c1ccc(F)cc1. The van der Waals surface area contributed by atoms with Gasteiger partial charge in [0.05, 0.1) is 4.90 Å². The lowest BCUT2D eigenvalue weighted by molar-refractivity contribution is -0.121. The van der Waals surface area contributed by atoms with Gasteiger partial charge in [0.15, 0.2) is 9.84 Å². The molecule has 2 rings (SSSR count). The maximum absolute atomic E-state index is 13.1. The number of halogens is 1. The fourth-order valence-electron chi connectivity index (χ4n) is 2.28. The fourth-order valence-corrected chi connectivity index (χ4v) is 3.93. The number of carbonyl (C=O) groups is 1. The van der Waals surface area contributed by atoms with E-state index in [1.807, 2.05) is 6.92 Å². The van der Waals surface area contributed by atoms with Gasteiger partial charge in [0.1, 0.15) is 11.1 Å². The van der Waals surface area contributed by atoms with Crippen molar-refractivity contribution in [3.63, 3.8) is 0 Å². The molecule has 0 aliphatic rings. The van der Waals surface area contributed by atoms with E-state index in [-0.39, 0.29) is 17.3 Å². The Morgan fingerprint density at radius 2 is 1.96 bits per heavy atom. The molecule has 0 unspecified atom stereocenters. The Morgan fingerprint density at radius 3 is 2.54 bits per heavy atom. The normalized spacial score (nSPS) is 12.6. The van der Waals surface area contributed by atoms with E-state index in [1.165, 1.54) is 18.3 Å². The van der Waals surface area contributed by atoms with Crippen LogP contribution in [0.25, 0.3) is 0 Å². The van der Waals surface area contributed by atoms with Crippen LogP contribution in [0.5, 0.6) is 0 Å². The largest absolute Gasteiger partial charge is 0.354 e. The molecule has 1 atom stereocenters. The number of nitrogens with one attached hydrogen (secondary N) is 1. The van der Waals surface area contributed by atoms with Crippen LogP contribution in [0.3, 0.4) is 0 Å². The summed E-state index contributed by atoms with van der Waals surface area (Å²) in [6.45, 7) is 1.80. The molecule has 0 radical (unpaired) electrons. The van der Waals surface area contributed by atoms with Crippen molar-refractivity contribution in [1.82, 2.24) is 10.3 Å². The highest BCUT2D eigenvalue weighted by molar-refractivity contribution is 7.91. The van der Waals surface area contributed by atoms with E-state index in [0.29, 0.717) is 18.4 Å². The molecule has 1 aromatic heterocycles. The smallest absolute Gasteiger partial charge is 0.220 e. The summed E-state index contributed by atoms with van der Waals surface area (Å²) >= 11 is 0. The topological polar surface area (TPSA) is 76.1 Å². The molecule has 0 bridgehead atoms. The molecule has 5 nitrogen and oxygen atoms in total. The summed E-state index contributed by atoms with van der Waals surface area (Å²) in [5.41, 5.74) is 0.471.